The number of thiophene rings is 1. The van der Waals surface area contributed by atoms with Crippen molar-refractivity contribution < 1.29 is 9.21 Å². The van der Waals surface area contributed by atoms with Crippen LogP contribution in [-0.4, -0.2) is 24.7 Å². The van der Waals surface area contributed by atoms with Gasteiger partial charge in [0.1, 0.15) is 17.0 Å². The van der Waals surface area contributed by atoms with Crippen molar-refractivity contribution >= 4 is 54.9 Å². The summed E-state index contributed by atoms with van der Waals surface area (Å²) in [6.45, 7) is -0.179. The summed E-state index contributed by atoms with van der Waals surface area (Å²) in [7, 11) is 0. The smallest absolute Gasteiger partial charge is 0.352 e. The zero-order valence-electron chi connectivity index (χ0n) is 15.8. The first-order valence-corrected chi connectivity index (χ1v) is 10.9. The second kappa shape index (κ2) is 7.67. The first-order chi connectivity index (χ1) is 15.0. The second-order valence-electron chi connectivity index (χ2n) is 6.74. The SMILES string of the molecule is O=C(Cn1nc2n(Cc3ccco3)c(=O)c3sccc3n2c1=O)Nc1ccc(Br)cc1. The van der Waals surface area contributed by atoms with E-state index < -0.39 is 11.6 Å². The Kier molecular flexibility index (Phi) is 4.83. The van der Waals surface area contributed by atoms with Gasteiger partial charge in [0.15, 0.2) is 0 Å². The normalized spacial score (nSPS) is 11.4. The molecular formula is C20H14BrN5O4S. The van der Waals surface area contributed by atoms with Crippen LogP contribution in [0.25, 0.3) is 16.0 Å². The fourth-order valence-corrected chi connectivity index (χ4v) is 4.40. The maximum absolute atomic E-state index is 13.1. The van der Waals surface area contributed by atoms with Gasteiger partial charge in [-0.25, -0.2) is 13.9 Å². The van der Waals surface area contributed by atoms with Gasteiger partial charge in [-0.3, -0.25) is 14.2 Å². The van der Waals surface area contributed by atoms with Crippen molar-refractivity contribution in [3.8, 4) is 0 Å². The number of furan rings is 1. The minimum atomic E-state index is -0.502. The van der Waals surface area contributed by atoms with Crippen LogP contribution in [0.5, 0.6) is 0 Å². The van der Waals surface area contributed by atoms with Gasteiger partial charge in [0.2, 0.25) is 11.7 Å². The van der Waals surface area contributed by atoms with Crippen molar-refractivity contribution in [1.29, 1.82) is 0 Å². The van der Waals surface area contributed by atoms with Crippen LogP contribution in [0.15, 0.2) is 72.6 Å². The van der Waals surface area contributed by atoms with Crippen molar-refractivity contribution in [2.75, 3.05) is 5.32 Å². The van der Waals surface area contributed by atoms with Gasteiger partial charge in [-0.2, -0.15) is 0 Å². The largest absolute Gasteiger partial charge is 0.467 e. The van der Waals surface area contributed by atoms with Crippen molar-refractivity contribution in [3.05, 3.63) is 85.2 Å². The molecule has 0 bridgehead atoms. The number of aromatic nitrogens is 4. The number of fused-ring (bicyclic) bond motifs is 3. The van der Waals surface area contributed by atoms with Gasteiger partial charge in [0.05, 0.1) is 18.3 Å². The van der Waals surface area contributed by atoms with Crippen LogP contribution in [0, 0.1) is 0 Å². The van der Waals surface area contributed by atoms with Crippen molar-refractivity contribution in [3.63, 3.8) is 0 Å². The molecule has 0 saturated carbocycles. The average molecular weight is 500 g/mol. The zero-order valence-corrected chi connectivity index (χ0v) is 18.2. The Bertz CT molecular complexity index is 1530. The van der Waals surface area contributed by atoms with E-state index in [4.69, 9.17) is 4.42 Å². The zero-order chi connectivity index (χ0) is 21.5. The molecule has 156 valence electrons. The molecule has 5 rings (SSSR count). The minimum Gasteiger partial charge on any atom is -0.467 e. The molecule has 0 aliphatic carbocycles. The number of carbonyl (C=O) groups is 1. The van der Waals surface area contributed by atoms with E-state index in [0.717, 1.165) is 9.15 Å². The van der Waals surface area contributed by atoms with Gasteiger partial charge in [0.25, 0.3) is 5.56 Å². The predicted octanol–water partition coefficient (Wildman–Crippen LogP) is 2.91. The first-order valence-electron chi connectivity index (χ1n) is 9.18. The molecule has 0 spiro atoms. The van der Waals surface area contributed by atoms with Crippen LogP contribution in [0.3, 0.4) is 0 Å². The molecule has 0 aliphatic rings. The number of halogens is 1. The monoisotopic (exact) mass is 499 g/mol. The van der Waals surface area contributed by atoms with Gasteiger partial charge in [-0.15, -0.1) is 16.4 Å². The number of rotatable bonds is 5. The lowest BCUT2D eigenvalue weighted by atomic mass is 10.3. The van der Waals surface area contributed by atoms with Crippen LogP contribution in [0.1, 0.15) is 5.76 Å². The molecule has 0 fully saturated rings. The Labute approximate surface area is 186 Å². The molecule has 9 nitrogen and oxygen atoms in total. The second-order valence-corrected chi connectivity index (χ2v) is 8.57. The van der Waals surface area contributed by atoms with Crippen LogP contribution in [0.4, 0.5) is 5.69 Å². The van der Waals surface area contributed by atoms with Crippen molar-refractivity contribution in [2.24, 2.45) is 0 Å². The number of benzene rings is 1. The topological polar surface area (TPSA) is 104 Å². The summed E-state index contributed by atoms with van der Waals surface area (Å²) in [5, 5.41) is 8.78. The van der Waals surface area contributed by atoms with Crippen LogP contribution < -0.4 is 16.6 Å². The predicted molar refractivity (Wildman–Crippen MR) is 120 cm³/mol. The van der Waals surface area contributed by atoms with E-state index in [1.54, 1.807) is 47.8 Å². The summed E-state index contributed by atoms with van der Waals surface area (Å²) in [5.74, 6) is 0.290. The average Bonchev–Trinajstić information content (AvgIpc) is 3.48. The van der Waals surface area contributed by atoms with E-state index in [2.05, 4.69) is 26.3 Å². The third kappa shape index (κ3) is 3.51. The van der Waals surface area contributed by atoms with Crippen molar-refractivity contribution in [1.82, 2.24) is 18.7 Å². The summed E-state index contributed by atoms with van der Waals surface area (Å²) >= 11 is 4.59. The van der Waals surface area contributed by atoms with Gasteiger partial charge in [0, 0.05) is 10.2 Å². The van der Waals surface area contributed by atoms with Gasteiger partial charge >= 0.3 is 5.69 Å². The molecule has 1 amide bonds. The molecule has 0 saturated heterocycles. The summed E-state index contributed by atoms with van der Waals surface area (Å²) in [6.07, 6.45) is 1.51. The van der Waals surface area contributed by atoms with E-state index in [1.165, 1.54) is 26.6 Å². The molecule has 1 aromatic carbocycles. The fraction of sp³-hybridized carbons (Fsp3) is 0.100. The van der Waals surface area contributed by atoms with Crippen LogP contribution in [-0.2, 0) is 17.9 Å². The van der Waals surface area contributed by atoms with Gasteiger partial charge < -0.3 is 9.73 Å². The minimum absolute atomic E-state index is 0.116. The highest BCUT2D eigenvalue weighted by molar-refractivity contribution is 9.10. The summed E-state index contributed by atoms with van der Waals surface area (Å²) < 4.78 is 10.5. The molecule has 1 N–H and O–H groups in total. The Hall–Kier alpha value is -3.44. The third-order valence-electron chi connectivity index (χ3n) is 4.70. The molecular weight excluding hydrogens is 486 g/mol. The van der Waals surface area contributed by atoms with Crippen LogP contribution in [0.2, 0.25) is 0 Å². The van der Waals surface area contributed by atoms with Gasteiger partial charge in [-0.05, 0) is 47.8 Å². The van der Waals surface area contributed by atoms with E-state index >= 15 is 0 Å². The molecule has 4 aromatic heterocycles. The molecule has 0 radical (unpaired) electrons. The highest BCUT2D eigenvalue weighted by Gasteiger charge is 2.20. The first kappa shape index (κ1) is 19.5. The molecule has 4 heterocycles. The van der Waals surface area contributed by atoms with E-state index in [1.807, 2.05) is 0 Å². The van der Waals surface area contributed by atoms with Crippen LogP contribution >= 0.6 is 27.3 Å². The summed E-state index contributed by atoms with van der Waals surface area (Å²) in [5.41, 5.74) is 0.285. The molecule has 0 aliphatic heterocycles. The molecule has 5 aromatic rings. The maximum Gasteiger partial charge on any atom is 0.352 e. The summed E-state index contributed by atoms with van der Waals surface area (Å²) in [6, 6.07) is 12.2. The quantitative estimate of drug-likeness (QED) is 0.400. The number of nitrogens with zero attached hydrogens (tertiary/aromatic N) is 4. The van der Waals surface area contributed by atoms with Crippen molar-refractivity contribution in [2.45, 2.75) is 13.1 Å². The fourth-order valence-electron chi connectivity index (χ4n) is 3.31. The molecule has 31 heavy (non-hydrogen) atoms. The maximum atomic E-state index is 13.1. The van der Waals surface area contributed by atoms with E-state index in [0.29, 0.717) is 21.7 Å². The lowest BCUT2D eigenvalue weighted by Gasteiger charge is -2.05. The Balaban J connectivity index is 1.57. The van der Waals surface area contributed by atoms with Gasteiger partial charge in [-0.1, -0.05) is 15.9 Å². The Morgan fingerprint density at radius 2 is 1.97 bits per heavy atom. The number of hydrogen-bond acceptors (Lipinski definition) is 6. The highest BCUT2D eigenvalue weighted by atomic mass is 79.9. The molecule has 0 unspecified atom stereocenters. The third-order valence-corrected chi connectivity index (χ3v) is 6.12. The number of anilines is 1. The van der Waals surface area contributed by atoms with E-state index in [-0.39, 0.29) is 24.4 Å². The van der Waals surface area contributed by atoms with E-state index in [9.17, 15) is 14.4 Å². The Morgan fingerprint density at radius 3 is 2.71 bits per heavy atom. The standard InChI is InChI=1S/C20H14BrN5O4S/c21-12-3-5-13(6-4-12)22-16(27)11-25-20(29)26-15-7-9-31-17(15)18(28)24(19(26)23-25)10-14-2-1-8-30-14/h1-9H,10-11H2,(H,22,27). The number of hydrogen-bond donors (Lipinski definition) is 1. The summed E-state index contributed by atoms with van der Waals surface area (Å²) in [4.78, 5) is 38.6. The number of nitrogens with one attached hydrogen (secondary N) is 1. The molecule has 11 heteroatoms. The number of carbonyl (C=O) groups excluding carboxylic acids is 1. The highest BCUT2D eigenvalue weighted by Crippen LogP contribution is 2.18. The lowest BCUT2D eigenvalue weighted by molar-refractivity contribution is -0.117. The number of amides is 1. The molecule has 0 atom stereocenters. The lowest BCUT2D eigenvalue weighted by Crippen LogP contribution is -2.29. The Morgan fingerprint density at radius 1 is 1.16 bits per heavy atom.